The van der Waals surface area contributed by atoms with Crippen LogP contribution in [0, 0.1) is 0 Å². The van der Waals surface area contributed by atoms with E-state index < -0.39 is 28.3 Å². The number of hydrogen-bond acceptors (Lipinski definition) is 1. The molecule has 7 heteroatoms. The third-order valence-electron chi connectivity index (χ3n) is 1.43. The topological polar surface area (TPSA) is 12.9 Å². The molecule has 0 radical (unpaired) electrons. The van der Waals surface area contributed by atoms with Gasteiger partial charge in [0.25, 0.3) is 6.43 Å². The predicted molar refractivity (Wildman–Crippen MR) is 41.9 cm³/mol. The average Bonchev–Trinajstić information content (AvgIpc) is 2.01. The third-order valence-corrected chi connectivity index (χ3v) is 2.26. The Bertz CT molecular complexity index is 335. The number of halogens is 6. The molecule has 0 atom stereocenters. The van der Waals surface area contributed by atoms with Crippen molar-refractivity contribution < 1.29 is 22.0 Å². The van der Waals surface area contributed by atoms with E-state index >= 15 is 0 Å². The van der Waals surface area contributed by atoms with Gasteiger partial charge in [-0.2, -0.15) is 13.2 Å². The van der Waals surface area contributed by atoms with Crippen molar-refractivity contribution in [3.05, 3.63) is 28.0 Å². The lowest BCUT2D eigenvalue weighted by Gasteiger charge is -2.10. The van der Waals surface area contributed by atoms with Crippen LogP contribution in [0.5, 0.6) is 0 Å². The van der Waals surface area contributed by atoms with Gasteiger partial charge >= 0.3 is 6.18 Å². The van der Waals surface area contributed by atoms with Crippen molar-refractivity contribution in [2.75, 3.05) is 0 Å². The smallest absolute Gasteiger partial charge is 0.254 e. The fourth-order valence-electron chi connectivity index (χ4n) is 0.831. The molecule has 1 heterocycles. The van der Waals surface area contributed by atoms with Gasteiger partial charge in [-0.05, 0) is 22.0 Å². The van der Waals surface area contributed by atoms with Gasteiger partial charge in [-0.3, -0.25) is 4.98 Å². The van der Waals surface area contributed by atoms with Gasteiger partial charge in [0.05, 0.1) is 10.0 Å². The van der Waals surface area contributed by atoms with Gasteiger partial charge in [-0.25, -0.2) is 8.78 Å². The van der Waals surface area contributed by atoms with Crippen molar-refractivity contribution in [3.8, 4) is 0 Å². The highest BCUT2D eigenvalue weighted by Gasteiger charge is 2.35. The van der Waals surface area contributed by atoms with E-state index in [-0.39, 0.29) is 0 Å². The SMILES string of the molecule is FC(F)c1nccc(C(F)(F)F)c1Br. The van der Waals surface area contributed by atoms with E-state index in [4.69, 9.17) is 0 Å². The van der Waals surface area contributed by atoms with Crippen molar-refractivity contribution in [1.29, 1.82) is 0 Å². The second kappa shape index (κ2) is 3.80. The molecular formula is C7H3BrF5N. The monoisotopic (exact) mass is 275 g/mol. The summed E-state index contributed by atoms with van der Waals surface area (Å²) >= 11 is 2.46. The van der Waals surface area contributed by atoms with Crippen molar-refractivity contribution >= 4 is 15.9 Å². The summed E-state index contributed by atoms with van der Waals surface area (Å²) in [6, 6.07) is 0.635. The molecule has 0 fully saturated rings. The van der Waals surface area contributed by atoms with Gasteiger partial charge in [-0.15, -0.1) is 0 Å². The zero-order valence-corrected chi connectivity index (χ0v) is 8.03. The van der Waals surface area contributed by atoms with E-state index in [0.717, 1.165) is 0 Å². The van der Waals surface area contributed by atoms with Gasteiger partial charge in [0, 0.05) is 6.20 Å². The lowest BCUT2D eigenvalue weighted by Crippen LogP contribution is -2.08. The normalized spacial score (nSPS) is 12.2. The number of aromatic nitrogens is 1. The quantitative estimate of drug-likeness (QED) is 0.711. The van der Waals surface area contributed by atoms with Crippen molar-refractivity contribution in [3.63, 3.8) is 0 Å². The first-order valence-corrected chi connectivity index (χ1v) is 4.13. The molecule has 0 aliphatic heterocycles. The second-order valence-electron chi connectivity index (χ2n) is 2.36. The van der Waals surface area contributed by atoms with Gasteiger partial charge in [0.2, 0.25) is 0 Å². The first kappa shape index (κ1) is 11.4. The van der Waals surface area contributed by atoms with Crippen LogP contribution in [0.15, 0.2) is 16.7 Å². The first-order chi connectivity index (χ1) is 6.34. The lowest BCUT2D eigenvalue weighted by molar-refractivity contribution is -0.138. The van der Waals surface area contributed by atoms with Crippen molar-refractivity contribution in [2.45, 2.75) is 12.6 Å². The van der Waals surface area contributed by atoms with Gasteiger partial charge in [0.1, 0.15) is 5.69 Å². The van der Waals surface area contributed by atoms with Crippen LogP contribution in [-0.2, 0) is 6.18 Å². The lowest BCUT2D eigenvalue weighted by atomic mass is 10.2. The largest absolute Gasteiger partial charge is 0.417 e. The summed E-state index contributed by atoms with van der Waals surface area (Å²) in [6.45, 7) is 0. The van der Waals surface area contributed by atoms with Gasteiger partial charge < -0.3 is 0 Å². The van der Waals surface area contributed by atoms with Crippen LogP contribution < -0.4 is 0 Å². The minimum absolute atomic E-state index is 0.635. The molecule has 1 nitrogen and oxygen atoms in total. The van der Waals surface area contributed by atoms with E-state index in [0.29, 0.717) is 12.3 Å². The molecule has 0 saturated heterocycles. The van der Waals surface area contributed by atoms with Gasteiger partial charge in [0.15, 0.2) is 0 Å². The predicted octanol–water partition coefficient (Wildman–Crippen LogP) is 3.80. The molecule has 0 unspecified atom stereocenters. The van der Waals surface area contributed by atoms with Crippen LogP contribution in [-0.4, -0.2) is 4.98 Å². The summed E-state index contributed by atoms with van der Waals surface area (Å²) < 4.78 is 60.1. The fourth-order valence-corrected chi connectivity index (χ4v) is 1.46. The fraction of sp³-hybridized carbons (Fsp3) is 0.286. The zero-order chi connectivity index (χ0) is 10.9. The zero-order valence-electron chi connectivity index (χ0n) is 6.45. The Morgan fingerprint density at radius 1 is 1.29 bits per heavy atom. The Morgan fingerprint density at radius 3 is 2.29 bits per heavy atom. The van der Waals surface area contributed by atoms with Crippen LogP contribution in [0.1, 0.15) is 17.7 Å². The second-order valence-corrected chi connectivity index (χ2v) is 3.15. The molecule has 0 aromatic carbocycles. The molecule has 0 aliphatic carbocycles. The van der Waals surface area contributed by atoms with Crippen LogP contribution in [0.2, 0.25) is 0 Å². The molecule has 0 N–H and O–H groups in total. The summed E-state index contributed by atoms with van der Waals surface area (Å²) in [4.78, 5) is 3.16. The summed E-state index contributed by atoms with van der Waals surface area (Å²) in [6.07, 6.45) is -6.99. The Morgan fingerprint density at radius 2 is 1.86 bits per heavy atom. The number of pyridine rings is 1. The highest BCUT2D eigenvalue weighted by Crippen LogP contribution is 2.37. The molecule has 0 bridgehead atoms. The van der Waals surface area contributed by atoms with Crippen LogP contribution >= 0.6 is 15.9 Å². The van der Waals surface area contributed by atoms with Crippen molar-refractivity contribution in [2.24, 2.45) is 0 Å². The first-order valence-electron chi connectivity index (χ1n) is 3.33. The average molecular weight is 276 g/mol. The molecule has 0 saturated carbocycles. The van der Waals surface area contributed by atoms with E-state index in [1.54, 1.807) is 0 Å². The summed E-state index contributed by atoms with van der Waals surface area (Å²) in [5.74, 6) is 0. The molecule has 0 aliphatic rings. The molecule has 1 aromatic rings. The van der Waals surface area contributed by atoms with Crippen molar-refractivity contribution in [1.82, 2.24) is 4.98 Å². The molecule has 0 spiro atoms. The highest BCUT2D eigenvalue weighted by molar-refractivity contribution is 9.10. The Kier molecular flexibility index (Phi) is 3.08. The van der Waals surface area contributed by atoms with Gasteiger partial charge in [-0.1, -0.05) is 0 Å². The molecule has 1 rings (SSSR count). The number of nitrogens with zero attached hydrogens (tertiary/aromatic N) is 1. The Balaban J connectivity index is 3.28. The van der Waals surface area contributed by atoms with Crippen LogP contribution in [0.4, 0.5) is 22.0 Å². The summed E-state index contributed by atoms with van der Waals surface area (Å²) in [5, 5.41) is 0. The van der Waals surface area contributed by atoms with E-state index in [1.165, 1.54) is 0 Å². The summed E-state index contributed by atoms with van der Waals surface area (Å²) in [7, 11) is 0. The van der Waals surface area contributed by atoms with Crippen LogP contribution in [0.3, 0.4) is 0 Å². The molecule has 0 amide bonds. The number of rotatable bonds is 1. The molecule has 1 aromatic heterocycles. The van der Waals surface area contributed by atoms with E-state index in [9.17, 15) is 22.0 Å². The highest BCUT2D eigenvalue weighted by atomic mass is 79.9. The Labute approximate surface area is 84.1 Å². The molecule has 78 valence electrons. The third kappa shape index (κ3) is 2.20. The maximum atomic E-state index is 12.2. The van der Waals surface area contributed by atoms with Crippen LogP contribution in [0.25, 0.3) is 0 Å². The summed E-state index contributed by atoms with van der Waals surface area (Å²) in [5.41, 5.74) is -2.05. The van der Waals surface area contributed by atoms with E-state index in [1.807, 2.05) is 0 Å². The maximum Gasteiger partial charge on any atom is 0.417 e. The van der Waals surface area contributed by atoms with E-state index in [2.05, 4.69) is 20.9 Å². The molecular weight excluding hydrogens is 273 g/mol. The standard InChI is InChI=1S/C7H3BrF5N/c8-4-3(7(11,12)13)1-2-14-5(4)6(9)10/h1-2,6H. The minimum Gasteiger partial charge on any atom is -0.254 e. The number of hydrogen-bond donors (Lipinski definition) is 0. The Hall–Kier alpha value is -0.720. The molecule has 14 heavy (non-hydrogen) atoms. The maximum absolute atomic E-state index is 12.2. The minimum atomic E-state index is -4.66. The number of alkyl halides is 5.